The summed E-state index contributed by atoms with van der Waals surface area (Å²) in [5.41, 5.74) is 0.486. The molecule has 7 heteroatoms. The third-order valence-electron chi connectivity index (χ3n) is 4.64. The Balaban J connectivity index is 1.84. The molecule has 1 N–H and O–H groups in total. The second-order valence-electron chi connectivity index (χ2n) is 6.39. The minimum Gasteiger partial charge on any atom is -0.376 e. The Bertz CT molecular complexity index is 585. The van der Waals surface area contributed by atoms with E-state index in [2.05, 4.69) is 22.1 Å². The fourth-order valence-electron chi connectivity index (χ4n) is 3.26. The average Bonchev–Trinajstić information content (AvgIpc) is 2.53. The molecule has 0 saturated carbocycles. The second-order valence-corrected chi connectivity index (χ2v) is 6.39. The van der Waals surface area contributed by atoms with Crippen molar-refractivity contribution in [1.82, 2.24) is 20.1 Å². The molecule has 0 bridgehead atoms. The van der Waals surface area contributed by atoms with Gasteiger partial charge in [-0.15, -0.1) is 0 Å². The zero-order valence-electron chi connectivity index (χ0n) is 13.7. The Hall–Kier alpha value is -1.57. The number of halogens is 1. The van der Waals surface area contributed by atoms with E-state index in [0.29, 0.717) is 12.2 Å². The van der Waals surface area contributed by atoms with E-state index in [9.17, 15) is 9.18 Å². The molecule has 1 aromatic heterocycles. The number of nitrogens with zero attached hydrogens (tertiary/aromatic N) is 3. The highest BCUT2D eigenvalue weighted by Gasteiger charge is 2.39. The van der Waals surface area contributed by atoms with Gasteiger partial charge in [0.2, 0.25) is 5.91 Å². The van der Waals surface area contributed by atoms with Crippen LogP contribution in [0, 0.1) is 5.82 Å². The molecule has 0 radical (unpaired) electrons. The Kier molecular flexibility index (Phi) is 4.61. The van der Waals surface area contributed by atoms with Gasteiger partial charge in [-0.3, -0.25) is 20.0 Å². The summed E-state index contributed by atoms with van der Waals surface area (Å²) in [6, 6.07) is 1.46. The SMILES string of the molecule is C[C@@H]1CN(C2NC(c3ccncc3F)CC(=O)N2C)[C@H](C)CO1. The van der Waals surface area contributed by atoms with Gasteiger partial charge < -0.3 is 9.64 Å². The predicted molar refractivity (Wildman–Crippen MR) is 82.8 cm³/mol. The fraction of sp³-hybridized carbons (Fsp3) is 0.625. The first kappa shape index (κ1) is 16.3. The quantitative estimate of drug-likeness (QED) is 0.884. The third kappa shape index (κ3) is 3.22. The lowest BCUT2D eigenvalue weighted by atomic mass is 10.0. The summed E-state index contributed by atoms with van der Waals surface area (Å²) < 4.78 is 19.7. The number of pyridine rings is 1. The number of morpholine rings is 1. The van der Waals surface area contributed by atoms with Gasteiger partial charge in [0.25, 0.3) is 0 Å². The highest BCUT2D eigenvalue weighted by Crippen LogP contribution is 2.27. The topological polar surface area (TPSA) is 57.7 Å². The van der Waals surface area contributed by atoms with Crippen LogP contribution in [-0.4, -0.2) is 59.3 Å². The molecule has 2 aliphatic heterocycles. The molecule has 126 valence electrons. The van der Waals surface area contributed by atoms with Crippen molar-refractivity contribution in [2.75, 3.05) is 20.2 Å². The van der Waals surface area contributed by atoms with Crippen LogP contribution >= 0.6 is 0 Å². The number of carbonyl (C=O) groups is 1. The van der Waals surface area contributed by atoms with Crippen LogP contribution in [0.15, 0.2) is 18.5 Å². The van der Waals surface area contributed by atoms with E-state index in [1.54, 1.807) is 24.2 Å². The number of rotatable bonds is 2. The first-order valence-electron chi connectivity index (χ1n) is 7.96. The molecule has 1 amide bonds. The van der Waals surface area contributed by atoms with Crippen LogP contribution in [0.2, 0.25) is 0 Å². The molecular weight excluding hydrogens is 299 g/mol. The van der Waals surface area contributed by atoms with Crippen LogP contribution in [0.1, 0.15) is 31.9 Å². The van der Waals surface area contributed by atoms with Gasteiger partial charge in [0.05, 0.1) is 18.9 Å². The number of amides is 1. The maximum absolute atomic E-state index is 14.0. The number of nitrogens with one attached hydrogen (secondary N) is 1. The molecule has 3 heterocycles. The van der Waals surface area contributed by atoms with Crippen molar-refractivity contribution >= 4 is 5.91 Å². The van der Waals surface area contributed by atoms with Crippen LogP contribution in [0.5, 0.6) is 0 Å². The van der Waals surface area contributed by atoms with Crippen molar-refractivity contribution in [3.63, 3.8) is 0 Å². The van der Waals surface area contributed by atoms with Gasteiger partial charge >= 0.3 is 0 Å². The summed E-state index contributed by atoms with van der Waals surface area (Å²) in [5, 5.41) is 3.42. The second kappa shape index (κ2) is 6.51. The van der Waals surface area contributed by atoms with Gasteiger partial charge in [-0.1, -0.05) is 0 Å². The van der Waals surface area contributed by atoms with Gasteiger partial charge in [-0.05, 0) is 19.9 Å². The molecule has 2 fully saturated rings. The Labute approximate surface area is 135 Å². The highest BCUT2D eigenvalue weighted by molar-refractivity contribution is 5.78. The minimum absolute atomic E-state index is 0.00121. The molecule has 0 aliphatic carbocycles. The van der Waals surface area contributed by atoms with Crippen LogP contribution in [0.25, 0.3) is 0 Å². The van der Waals surface area contributed by atoms with E-state index in [0.717, 1.165) is 6.54 Å². The number of hydrogen-bond acceptors (Lipinski definition) is 5. The van der Waals surface area contributed by atoms with E-state index in [-0.39, 0.29) is 42.6 Å². The fourth-order valence-corrected chi connectivity index (χ4v) is 3.26. The van der Waals surface area contributed by atoms with E-state index in [1.165, 1.54) is 6.20 Å². The summed E-state index contributed by atoms with van der Waals surface area (Å²) in [5.74, 6) is -0.384. The van der Waals surface area contributed by atoms with E-state index >= 15 is 0 Å². The zero-order valence-corrected chi connectivity index (χ0v) is 13.7. The van der Waals surface area contributed by atoms with Crippen LogP contribution in [0.4, 0.5) is 4.39 Å². The number of ether oxygens (including phenoxy) is 1. The molecular formula is C16H23FN4O2. The highest BCUT2D eigenvalue weighted by atomic mass is 19.1. The van der Waals surface area contributed by atoms with Gasteiger partial charge in [-0.2, -0.15) is 0 Å². The molecule has 0 aromatic carbocycles. The summed E-state index contributed by atoms with van der Waals surface area (Å²) in [7, 11) is 1.78. The molecule has 2 saturated heterocycles. The predicted octanol–water partition coefficient (Wildman–Crippen LogP) is 1.11. The standard InChI is InChI=1S/C16H23FN4O2/c1-10-9-23-11(2)8-21(10)16-19-14(6-15(22)20(16)3)12-4-5-18-7-13(12)17/h4-5,7,10-11,14,16,19H,6,8-9H2,1-3H3/t10-,11-,14?,16?/m1/s1. The van der Waals surface area contributed by atoms with Crippen molar-refractivity contribution in [2.45, 2.75) is 44.7 Å². The van der Waals surface area contributed by atoms with Crippen molar-refractivity contribution < 1.29 is 13.9 Å². The molecule has 1 aromatic rings. The van der Waals surface area contributed by atoms with Crippen molar-refractivity contribution in [3.05, 3.63) is 29.8 Å². The number of aromatic nitrogens is 1. The van der Waals surface area contributed by atoms with E-state index in [4.69, 9.17) is 4.74 Å². The maximum atomic E-state index is 14.0. The lowest BCUT2D eigenvalue weighted by Gasteiger charge is -2.48. The van der Waals surface area contributed by atoms with Crippen LogP contribution in [0.3, 0.4) is 0 Å². The molecule has 2 unspecified atom stereocenters. The first-order valence-corrected chi connectivity index (χ1v) is 7.96. The molecule has 6 nitrogen and oxygen atoms in total. The van der Waals surface area contributed by atoms with Crippen molar-refractivity contribution in [3.8, 4) is 0 Å². The largest absolute Gasteiger partial charge is 0.376 e. The maximum Gasteiger partial charge on any atom is 0.226 e. The van der Waals surface area contributed by atoms with Crippen molar-refractivity contribution in [1.29, 1.82) is 0 Å². The van der Waals surface area contributed by atoms with Crippen LogP contribution < -0.4 is 5.32 Å². The summed E-state index contributed by atoms with van der Waals surface area (Å²) in [4.78, 5) is 20.1. The summed E-state index contributed by atoms with van der Waals surface area (Å²) in [6.45, 7) is 5.43. The Morgan fingerprint density at radius 3 is 2.96 bits per heavy atom. The third-order valence-corrected chi connectivity index (χ3v) is 4.64. The molecule has 0 spiro atoms. The Morgan fingerprint density at radius 1 is 1.43 bits per heavy atom. The van der Waals surface area contributed by atoms with Gasteiger partial charge in [0.15, 0.2) is 0 Å². The number of hydrogen-bond donors (Lipinski definition) is 1. The first-order chi connectivity index (χ1) is 11.0. The smallest absolute Gasteiger partial charge is 0.226 e. The normalized spacial score (nSPS) is 33.0. The van der Waals surface area contributed by atoms with E-state index < -0.39 is 0 Å². The number of carbonyl (C=O) groups excluding carboxylic acids is 1. The van der Waals surface area contributed by atoms with Gasteiger partial charge in [-0.25, -0.2) is 4.39 Å². The zero-order chi connectivity index (χ0) is 16.6. The monoisotopic (exact) mass is 322 g/mol. The lowest BCUT2D eigenvalue weighted by Crippen LogP contribution is -2.66. The molecule has 4 atom stereocenters. The molecule has 23 heavy (non-hydrogen) atoms. The average molecular weight is 322 g/mol. The lowest BCUT2D eigenvalue weighted by molar-refractivity contribution is -0.154. The minimum atomic E-state index is -0.385. The van der Waals surface area contributed by atoms with Gasteiger partial charge in [0, 0.05) is 43.9 Å². The van der Waals surface area contributed by atoms with Crippen molar-refractivity contribution in [2.24, 2.45) is 0 Å². The van der Waals surface area contributed by atoms with Crippen LogP contribution in [-0.2, 0) is 9.53 Å². The van der Waals surface area contributed by atoms with Gasteiger partial charge in [0.1, 0.15) is 12.1 Å². The Morgan fingerprint density at radius 2 is 2.22 bits per heavy atom. The molecule has 3 rings (SSSR count). The summed E-state index contributed by atoms with van der Waals surface area (Å²) >= 11 is 0. The summed E-state index contributed by atoms with van der Waals surface area (Å²) in [6.07, 6.45) is 2.82. The van der Waals surface area contributed by atoms with E-state index in [1.807, 2.05) is 6.92 Å². The molecule has 2 aliphatic rings.